The van der Waals surface area contributed by atoms with Crippen molar-refractivity contribution in [2.45, 2.75) is 32.2 Å². The Hall–Kier alpha value is -0.730. The molecule has 1 saturated heterocycles. The highest BCUT2D eigenvalue weighted by molar-refractivity contribution is 6.31. The predicted molar refractivity (Wildman–Crippen MR) is 62.6 cm³/mol. The Bertz CT molecular complexity index is 336. The summed E-state index contributed by atoms with van der Waals surface area (Å²) >= 11 is 6.13. The standard InChI is InChI=1S/C12H16ClNO/c1-8-5-11(13)10(12(15)6-8)7-9-3-2-4-14-9/h5-6,9,14-15H,2-4,7H2,1H3. The number of phenols is 1. The number of rotatable bonds is 2. The van der Waals surface area contributed by atoms with E-state index in [-0.39, 0.29) is 0 Å². The van der Waals surface area contributed by atoms with Crippen molar-refractivity contribution in [3.63, 3.8) is 0 Å². The van der Waals surface area contributed by atoms with Crippen LogP contribution < -0.4 is 5.32 Å². The lowest BCUT2D eigenvalue weighted by molar-refractivity contribution is 0.461. The summed E-state index contributed by atoms with van der Waals surface area (Å²) in [5.41, 5.74) is 1.88. The zero-order chi connectivity index (χ0) is 10.8. The lowest BCUT2D eigenvalue weighted by Gasteiger charge is -2.13. The summed E-state index contributed by atoms with van der Waals surface area (Å²) in [6, 6.07) is 4.15. The van der Waals surface area contributed by atoms with Crippen molar-refractivity contribution >= 4 is 11.6 Å². The smallest absolute Gasteiger partial charge is 0.120 e. The zero-order valence-electron chi connectivity index (χ0n) is 8.89. The topological polar surface area (TPSA) is 32.3 Å². The Kier molecular flexibility index (Phi) is 3.17. The Morgan fingerprint density at radius 1 is 1.53 bits per heavy atom. The van der Waals surface area contributed by atoms with Crippen LogP contribution in [-0.2, 0) is 6.42 Å². The number of nitrogens with one attached hydrogen (secondary N) is 1. The maximum Gasteiger partial charge on any atom is 0.120 e. The van der Waals surface area contributed by atoms with Gasteiger partial charge in [0.2, 0.25) is 0 Å². The molecule has 1 aliphatic heterocycles. The van der Waals surface area contributed by atoms with Crippen molar-refractivity contribution < 1.29 is 5.11 Å². The zero-order valence-corrected chi connectivity index (χ0v) is 9.64. The normalized spacial score (nSPS) is 20.8. The molecule has 1 heterocycles. The fraction of sp³-hybridized carbons (Fsp3) is 0.500. The van der Waals surface area contributed by atoms with Gasteiger partial charge in [0.1, 0.15) is 5.75 Å². The van der Waals surface area contributed by atoms with Crippen molar-refractivity contribution in [3.05, 3.63) is 28.3 Å². The number of aromatic hydroxyl groups is 1. The number of aryl methyl sites for hydroxylation is 1. The van der Waals surface area contributed by atoms with E-state index in [1.54, 1.807) is 6.07 Å². The number of hydrogen-bond donors (Lipinski definition) is 2. The summed E-state index contributed by atoms with van der Waals surface area (Å²) in [5, 5.41) is 13.9. The highest BCUT2D eigenvalue weighted by Gasteiger charge is 2.18. The molecule has 0 aliphatic carbocycles. The van der Waals surface area contributed by atoms with Crippen LogP contribution in [0.5, 0.6) is 5.75 Å². The number of halogens is 1. The molecular formula is C12H16ClNO. The molecule has 1 fully saturated rings. The van der Waals surface area contributed by atoms with E-state index >= 15 is 0 Å². The molecule has 1 unspecified atom stereocenters. The summed E-state index contributed by atoms with van der Waals surface area (Å²) in [7, 11) is 0. The second-order valence-electron chi connectivity index (χ2n) is 4.24. The van der Waals surface area contributed by atoms with E-state index in [2.05, 4.69) is 5.32 Å². The summed E-state index contributed by atoms with van der Waals surface area (Å²) in [6.07, 6.45) is 3.21. The van der Waals surface area contributed by atoms with Crippen LogP contribution in [0.4, 0.5) is 0 Å². The van der Waals surface area contributed by atoms with Gasteiger partial charge in [-0.25, -0.2) is 0 Å². The Balaban J connectivity index is 2.19. The summed E-state index contributed by atoms with van der Waals surface area (Å²) in [6.45, 7) is 3.01. The largest absolute Gasteiger partial charge is 0.508 e. The van der Waals surface area contributed by atoms with Crippen LogP contribution >= 0.6 is 11.6 Å². The van der Waals surface area contributed by atoms with Gasteiger partial charge >= 0.3 is 0 Å². The molecule has 0 bridgehead atoms. The lowest BCUT2D eigenvalue weighted by Crippen LogP contribution is -2.23. The van der Waals surface area contributed by atoms with Crippen molar-refractivity contribution in [2.24, 2.45) is 0 Å². The predicted octanol–water partition coefficient (Wildman–Crippen LogP) is 2.65. The molecule has 0 amide bonds. The summed E-state index contributed by atoms with van der Waals surface area (Å²) in [5.74, 6) is 0.327. The van der Waals surface area contributed by atoms with E-state index in [4.69, 9.17) is 11.6 Å². The van der Waals surface area contributed by atoms with Gasteiger partial charge in [-0.3, -0.25) is 0 Å². The van der Waals surface area contributed by atoms with Gasteiger partial charge in [-0.15, -0.1) is 0 Å². The molecule has 2 rings (SSSR count). The third kappa shape index (κ3) is 2.44. The summed E-state index contributed by atoms with van der Waals surface area (Å²) in [4.78, 5) is 0. The molecule has 1 atom stereocenters. The molecule has 2 nitrogen and oxygen atoms in total. The van der Waals surface area contributed by atoms with Crippen LogP contribution in [-0.4, -0.2) is 17.7 Å². The maximum absolute atomic E-state index is 9.82. The molecule has 0 spiro atoms. The minimum absolute atomic E-state index is 0.327. The van der Waals surface area contributed by atoms with Crippen LogP contribution in [0.3, 0.4) is 0 Å². The van der Waals surface area contributed by atoms with E-state index in [1.807, 2.05) is 13.0 Å². The van der Waals surface area contributed by atoms with E-state index in [1.165, 1.54) is 12.8 Å². The quantitative estimate of drug-likeness (QED) is 0.811. The fourth-order valence-electron chi connectivity index (χ4n) is 2.13. The Morgan fingerprint density at radius 3 is 2.93 bits per heavy atom. The first-order valence-electron chi connectivity index (χ1n) is 5.38. The van der Waals surface area contributed by atoms with E-state index < -0.39 is 0 Å². The molecule has 2 N–H and O–H groups in total. The van der Waals surface area contributed by atoms with Gasteiger partial charge in [0.05, 0.1) is 0 Å². The van der Waals surface area contributed by atoms with Crippen LogP contribution in [0.1, 0.15) is 24.0 Å². The highest BCUT2D eigenvalue weighted by Crippen LogP contribution is 2.29. The molecule has 1 aromatic rings. The van der Waals surface area contributed by atoms with Crippen molar-refractivity contribution in [3.8, 4) is 5.75 Å². The van der Waals surface area contributed by atoms with Crippen LogP contribution in [0.2, 0.25) is 5.02 Å². The van der Waals surface area contributed by atoms with Gasteiger partial charge in [0, 0.05) is 16.6 Å². The van der Waals surface area contributed by atoms with Crippen molar-refractivity contribution in [2.75, 3.05) is 6.54 Å². The second-order valence-corrected chi connectivity index (χ2v) is 4.65. The van der Waals surface area contributed by atoms with Crippen LogP contribution in [0.15, 0.2) is 12.1 Å². The monoisotopic (exact) mass is 225 g/mol. The maximum atomic E-state index is 9.82. The third-order valence-electron chi connectivity index (χ3n) is 2.93. The summed E-state index contributed by atoms with van der Waals surface area (Å²) < 4.78 is 0. The molecular weight excluding hydrogens is 210 g/mol. The minimum atomic E-state index is 0.327. The Labute approximate surface area is 95.3 Å². The van der Waals surface area contributed by atoms with Crippen LogP contribution in [0, 0.1) is 6.92 Å². The van der Waals surface area contributed by atoms with Gasteiger partial charge < -0.3 is 10.4 Å². The SMILES string of the molecule is Cc1cc(O)c(CC2CCCN2)c(Cl)c1. The van der Waals surface area contributed by atoms with Crippen molar-refractivity contribution in [1.29, 1.82) is 0 Å². The van der Waals surface area contributed by atoms with Gasteiger partial charge in [-0.05, 0) is 50.4 Å². The number of benzene rings is 1. The molecule has 82 valence electrons. The second kappa shape index (κ2) is 4.42. The average Bonchev–Trinajstić information content (AvgIpc) is 2.63. The van der Waals surface area contributed by atoms with Gasteiger partial charge in [0.15, 0.2) is 0 Å². The first-order valence-corrected chi connectivity index (χ1v) is 5.76. The highest BCUT2D eigenvalue weighted by atomic mass is 35.5. The van der Waals surface area contributed by atoms with E-state index in [9.17, 15) is 5.11 Å². The third-order valence-corrected chi connectivity index (χ3v) is 3.27. The first-order chi connectivity index (χ1) is 7.16. The van der Waals surface area contributed by atoms with Gasteiger partial charge in [-0.1, -0.05) is 11.6 Å². The molecule has 15 heavy (non-hydrogen) atoms. The molecule has 0 saturated carbocycles. The fourth-order valence-corrected chi connectivity index (χ4v) is 2.48. The first kappa shape index (κ1) is 10.8. The number of phenolic OH excluding ortho intramolecular Hbond substituents is 1. The molecule has 1 aromatic carbocycles. The van der Waals surface area contributed by atoms with E-state index in [0.717, 1.165) is 24.1 Å². The lowest BCUT2D eigenvalue weighted by atomic mass is 10.0. The van der Waals surface area contributed by atoms with E-state index in [0.29, 0.717) is 16.8 Å². The number of hydrogen-bond acceptors (Lipinski definition) is 2. The van der Waals surface area contributed by atoms with Crippen LogP contribution in [0.25, 0.3) is 0 Å². The molecule has 1 aliphatic rings. The van der Waals surface area contributed by atoms with Gasteiger partial charge in [0.25, 0.3) is 0 Å². The van der Waals surface area contributed by atoms with Crippen molar-refractivity contribution in [1.82, 2.24) is 5.32 Å². The molecule has 0 radical (unpaired) electrons. The Morgan fingerprint density at radius 2 is 2.33 bits per heavy atom. The van der Waals surface area contributed by atoms with Gasteiger partial charge in [-0.2, -0.15) is 0 Å². The molecule has 0 aromatic heterocycles. The average molecular weight is 226 g/mol. The minimum Gasteiger partial charge on any atom is -0.508 e. The molecule has 3 heteroatoms.